The van der Waals surface area contributed by atoms with Crippen molar-refractivity contribution in [1.29, 1.82) is 0 Å². The van der Waals surface area contributed by atoms with Crippen LogP contribution in [0.3, 0.4) is 0 Å². The van der Waals surface area contributed by atoms with E-state index in [0.29, 0.717) is 24.1 Å². The molecular formula is C30H36FN3O4S. The summed E-state index contributed by atoms with van der Waals surface area (Å²) in [7, 11) is -4.12. The van der Waals surface area contributed by atoms with E-state index in [4.69, 9.17) is 0 Å². The van der Waals surface area contributed by atoms with Crippen molar-refractivity contribution in [2.24, 2.45) is 0 Å². The first-order valence-corrected chi connectivity index (χ1v) is 14.5. The zero-order chi connectivity index (χ0) is 28.6. The van der Waals surface area contributed by atoms with Crippen LogP contribution >= 0.6 is 0 Å². The smallest absolute Gasteiger partial charge is 0.264 e. The number of sulfonamides is 1. The molecule has 0 fully saturated rings. The maximum absolute atomic E-state index is 14.0. The fourth-order valence-corrected chi connectivity index (χ4v) is 5.52. The maximum atomic E-state index is 14.0. The molecule has 0 radical (unpaired) electrons. The molecule has 208 valence electrons. The van der Waals surface area contributed by atoms with Crippen molar-refractivity contribution in [1.82, 2.24) is 10.2 Å². The van der Waals surface area contributed by atoms with Gasteiger partial charge < -0.3 is 10.2 Å². The Morgan fingerprint density at radius 2 is 1.51 bits per heavy atom. The molecule has 0 saturated heterocycles. The largest absolute Gasteiger partial charge is 0.352 e. The lowest BCUT2D eigenvalue weighted by Crippen LogP contribution is -2.53. The van der Waals surface area contributed by atoms with E-state index in [-0.39, 0.29) is 23.4 Å². The molecule has 2 atom stereocenters. The number of aryl methyl sites for hydroxylation is 1. The Morgan fingerprint density at radius 1 is 0.897 bits per heavy atom. The molecule has 0 aromatic heterocycles. The number of carbonyl (C=O) groups excluding carboxylic acids is 2. The molecule has 2 amide bonds. The number of hydrogen-bond acceptors (Lipinski definition) is 4. The van der Waals surface area contributed by atoms with E-state index in [1.165, 1.54) is 29.2 Å². The van der Waals surface area contributed by atoms with Crippen LogP contribution in [0.15, 0.2) is 83.8 Å². The molecule has 0 spiro atoms. The van der Waals surface area contributed by atoms with Crippen LogP contribution in [0.25, 0.3) is 0 Å². The van der Waals surface area contributed by atoms with Gasteiger partial charge in [0.1, 0.15) is 18.4 Å². The number of amides is 2. The fraction of sp³-hybridized carbons (Fsp3) is 0.333. The number of rotatable bonds is 12. The summed E-state index contributed by atoms with van der Waals surface area (Å²) in [6.45, 7) is 6.97. The number of carbonyl (C=O) groups is 2. The van der Waals surface area contributed by atoms with Gasteiger partial charge in [-0.25, -0.2) is 12.8 Å². The number of anilines is 1. The lowest BCUT2D eigenvalue weighted by Gasteiger charge is -2.33. The SMILES string of the molecule is CC[C@H](C(=O)N[C@@H](C)CC)N(Cc1ccc(F)cc1)C(=O)CN(c1ccccc1)S(=O)(=O)c1ccc(C)cc1. The van der Waals surface area contributed by atoms with Gasteiger partial charge in [-0.1, -0.05) is 61.9 Å². The topological polar surface area (TPSA) is 86.8 Å². The van der Waals surface area contributed by atoms with Crippen LogP contribution in [-0.4, -0.2) is 43.8 Å². The van der Waals surface area contributed by atoms with Gasteiger partial charge in [0, 0.05) is 12.6 Å². The molecule has 1 N–H and O–H groups in total. The molecule has 0 bridgehead atoms. The first-order chi connectivity index (χ1) is 18.6. The van der Waals surface area contributed by atoms with Crippen molar-refractivity contribution in [3.05, 3.63) is 95.8 Å². The Bertz CT molecular complexity index is 1350. The molecule has 0 aliphatic rings. The van der Waals surface area contributed by atoms with Gasteiger partial charge in [0.2, 0.25) is 11.8 Å². The molecule has 7 nitrogen and oxygen atoms in total. The molecule has 3 aromatic carbocycles. The van der Waals surface area contributed by atoms with Gasteiger partial charge in [0.05, 0.1) is 10.6 Å². The monoisotopic (exact) mass is 553 g/mol. The molecule has 3 aromatic rings. The van der Waals surface area contributed by atoms with Crippen molar-refractivity contribution in [2.75, 3.05) is 10.8 Å². The van der Waals surface area contributed by atoms with Crippen LogP contribution in [0.1, 0.15) is 44.7 Å². The van der Waals surface area contributed by atoms with E-state index in [2.05, 4.69) is 5.32 Å². The molecule has 39 heavy (non-hydrogen) atoms. The molecule has 0 aliphatic carbocycles. The summed E-state index contributed by atoms with van der Waals surface area (Å²) in [5, 5.41) is 2.93. The molecule has 0 unspecified atom stereocenters. The van der Waals surface area contributed by atoms with E-state index in [0.717, 1.165) is 9.87 Å². The Balaban J connectivity index is 2.02. The third-order valence-electron chi connectivity index (χ3n) is 6.59. The van der Waals surface area contributed by atoms with Crippen molar-refractivity contribution >= 4 is 27.5 Å². The maximum Gasteiger partial charge on any atom is 0.264 e. The second-order valence-electron chi connectivity index (χ2n) is 9.55. The number of halogens is 1. The normalized spacial score (nSPS) is 12.8. The lowest BCUT2D eigenvalue weighted by molar-refractivity contribution is -0.140. The predicted molar refractivity (Wildman–Crippen MR) is 151 cm³/mol. The van der Waals surface area contributed by atoms with Gasteiger partial charge in [0.15, 0.2) is 0 Å². The molecule has 0 aliphatic heterocycles. The minimum atomic E-state index is -4.12. The van der Waals surface area contributed by atoms with E-state index < -0.39 is 34.3 Å². The number of nitrogens with zero attached hydrogens (tertiary/aromatic N) is 2. The number of benzene rings is 3. The van der Waals surface area contributed by atoms with Crippen LogP contribution in [0, 0.1) is 12.7 Å². The lowest BCUT2D eigenvalue weighted by atomic mass is 10.1. The van der Waals surface area contributed by atoms with Crippen LogP contribution in [-0.2, 0) is 26.2 Å². The van der Waals surface area contributed by atoms with Gasteiger partial charge in [0.25, 0.3) is 10.0 Å². The van der Waals surface area contributed by atoms with Crippen LogP contribution in [0.5, 0.6) is 0 Å². The van der Waals surface area contributed by atoms with Crippen LogP contribution in [0.2, 0.25) is 0 Å². The summed E-state index contributed by atoms with van der Waals surface area (Å²) >= 11 is 0. The molecule has 0 saturated carbocycles. The number of para-hydroxylation sites is 1. The summed E-state index contributed by atoms with van der Waals surface area (Å²) in [4.78, 5) is 28.6. The van der Waals surface area contributed by atoms with Crippen molar-refractivity contribution in [3.8, 4) is 0 Å². The average molecular weight is 554 g/mol. The van der Waals surface area contributed by atoms with Gasteiger partial charge in [-0.05, 0) is 68.7 Å². The summed E-state index contributed by atoms with van der Waals surface area (Å²) in [5.74, 6) is -1.29. The second-order valence-corrected chi connectivity index (χ2v) is 11.4. The highest BCUT2D eigenvalue weighted by atomic mass is 32.2. The predicted octanol–water partition coefficient (Wildman–Crippen LogP) is 5.05. The molecule has 9 heteroatoms. The Labute approximate surface area is 230 Å². The highest BCUT2D eigenvalue weighted by molar-refractivity contribution is 7.92. The summed E-state index contributed by atoms with van der Waals surface area (Å²) in [6, 6.07) is 19.5. The first kappa shape index (κ1) is 29.8. The van der Waals surface area contributed by atoms with E-state index in [1.807, 2.05) is 20.8 Å². The van der Waals surface area contributed by atoms with E-state index in [1.54, 1.807) is 61.5 Å². The minimum absolute atomic E-state index is 0.0127. The minimum Gasteiger partial charge on any atom is -0.352 e. The number of hydrogen-bond donors (Lipinski definition) is 1. The Kier molecular flexibility index (Phi) is 10.2. The van der Waals surface area contributed by atoms with Crippen molar-refractivity contribution in [2.45, 2.75) is 64.1 Å². The third-order valence-corrected chi connectivity index (χ3v) is 8.37. The van der Waals surface area contributed by atoms with Crippen molar-refractivity contribution in [3.63, 3.8) is 0 Å². The summed E-state index contributed by atoms with van der Waals surface area (Å²) in [5.41, 5.74) is 1.84. The number of nitrogens with one attached hydrogen (secondary N) is 1. The highest BCUT2D eigenvalue weighted by Crippen LogP contribution is 2.25. The fourth-order valence-electron chi connectivity index (χ4n) is 4.11. The van der Waals surface area contributed by atoms with Crippen LogP contribution in [0.4, 0.5) is 10.1 Å². The molecule has 0 heterocycles. The standard InChI is InChI=1S/C30H36FN3O4S/c1-5-23(4)32-30(36)28(6-2)33(20-24-14-16-25(31)17-15-24)29(35)21-34(26-10-8-7-9-11-26)39(37,38)27-18-12-22(3)13-19-27/h7-19,23,28H,5-6,20-21H2,1-4H3,(H,32,36)/t23-,28+/m0/s1. The Hall–Kier alpha value is -3.72. The Morgan fingerprint density at radius 3 is 2.08 bits per heavy atom. The van der Waals surface area contributed by atoms with Gasteiger partial charge in [-0.15, -0.1) is 0 Å². The first-order valence-electron chi connectivity index (χ1n) is 13.1. The molecule has 3 rings (SSSR count). The average Bonchev–Trinajstić information content (AvgIpc) is 2.93. The summed E-state index contributed by atoms with van der Waals surface area (Å²) in [6.07, 6.45) is 1.02. The van der Waals surface area contributed by atoms with E-state index >= 15 is 0 Å². The van der Waals surface area contributed by atoms with Gasteiger partial charge in [-0.3, -0.25) is 13.9 Å². The highest BCUT2D eigenvalue weighted by Gasteiger charge is 2.33. The zero-order valence-electron chi connectivity index (χ0n) is 22.8. The van der Waals surface area contributed by atoms with E-state index in [9.17, 15) is 22.4 Å². The van der Waals surface area contributed by atoms with Gasteiger partial charge >= 0.3 is 0 Å². The molecular weight excluding hydrogens is 517 g/mol. The van der Waals surface area contributed by atoms with Gasteiger partial charge in [-0.2, -0.15) is 0 Å². The quantitative estimate of drug-likeness (QED) is 0.340. The summed E-state index contributed by atoms with van der Waals surface area (Å²) < 4.78 is 42.2. The second kappa shape index (κ2) is 13.4. The third kappa shape index (κ3) is 7.66. The van der Waals surface area contributed by atoms with Crippen LogP contribution < -0.4 is 9.62 Å². The van der Waals surface area contributed by atoms with Crippen molar-refractivity contribution < 1.29 is 22.4 Å². The zero-order valence-corrected chi connectivity index (χ0v) is 23.6.